The first-order valence-corrected chi connectivity index (χ1v) is 3.93. The summed E-state index contributed by atoms with van der Waals surface area (Å²) in [6.45, 7) is 2.19. The number of rotatable bonds is 1. The van der Waals surface area contributed by atoms with E-state index >= 15 is 0 Å². The number of aliphatic carboxylic acids is 1. The molecule has 0 aromatic heterocycles. The molecular formula is C8H14CdO2. The second-order valence-corrected chi connectivity index (χ2v) is 3.30. The first-order chi connectivity index (χ1) is 4.70. The summed E-state index contributed by atoms with van der Waals surface area (Å²) in [5.41, 5.74) is 0. The number of hydrogen-bond acceptors (Lipinski definition) is 1. The summed E-state index contributed by atoms with van der Waals surface area (Å²) in [7, 11) is 0. The molecule has 0 aromatic carbocycles. The summed E-state index contributed by atoms with van der Waals surface area (Å²) in [6, 6.07) is 0. The molecule has 0 aliphatic heterocycles. The van der Waals surface area contributed by atoms with Gasteiger partial charge in [0.05, 0.1) is 5.92 Å². The molecule has 0 unspecified atom stereocenters. The van der Waals surface area contributed by atoms with Gasteiger partial charge in [0, 0.05) is 27.3 Å². The van der Waals surface area contributed by atoms with Crippen molar-refractivity contribution in [2.24, 2.45) is 11.8 Å². The van der Waals surface area contributed by atoms with E-state index in [2.05, 4.69) is 6.92 Å². The molecule has 60 valence electrons. The van der Waals surface area contributed by atoms with Gasteiger partial charge in [-0.1, -0.05) is 6.92 Å². The van der Waals surface area contributed by atoms with Crippen LogP contribution in [-0.4, -0.2) is 11.1 Å². The van der Waals surface area contributed by atoms with Gasteiger partial charge in [-0.15, -0.1) is 0 Å². The van der Waals surface area contributed by atoms with Crippen LogP contribution in [0.1, 0.15) is 32.6 Å². The number of carbonyl (C=O) groups is 1. The van der Waals surface area contributed by atoms with E-state index in [0.29, 0.717) is 0 Å². The van der Waals surface area contributed by atoms with Crippen molar-refractivity contribution in [3.05, 3.63) is 0 Å². The molecule has 2 nitrogen and oxygen atoms in total. The van der Waals surface area contributed by atoms with Crippen LogP contribution in [0.4, 0.5) is 0 Å². The van der Waals surface area contributed by atoms with Crippen LogP contribution >= 0.6 is 0 Å². The molecule has 0 radical (unpaired) electrons. The maximum atomic E-state index is 10.5. The van der Waals surface area contributed by atoms with Crippen molar-refractivity contribution in [1.29, 1.82) is 0 Å². The number of hydrogen-bond donors (Lipinski definition) is 1. The fourth-order valence-electron chi connectivity index (χ4n) is 1.51. The Morgan fingerprint density at radius 1 is 1.27 bits per heavy atom. The normalized spacial score (nSPS) is 30.6. The Hall–Kier alpha value is 0.392. The van der Waals surface area contributed by atoms with Gasteiger partial charge in [0.1, 0.15) is 0 Å². The minimum absolute atomic E-state index is 0. The van der Waals surface area contributed by atoms with Crippen molar-refractivity contribution < 1.29 is 37.2 Å². The van der Waals surface area contributed by atoms with Crippen LogP contribution in [0.3, 0.4) is 0 Å². The molecule has 0 spiro atoms. The van der Waals surface area contributed by atoms with Crippen molar-refractivity contribution in [3.63, 3.8) is 0 Å². The summed E-state index contributed by atoms with van der Waals surface area (Å²) in [5, 5.41) is 8.62. The molecule has 0 amide bonds. The fourth-order valence-corrected chi connectivity index (χ4v) is 1.51. The van der Waals surface area contributed by atoms with E-state index in [0.717, 1.165) is 31.6 Å². The summed E-state index contributed by atoms with van der Waals surface area (Å²) in [5.74, 6) is 0.0960. The van der Waals surface area contributed by atoms with Gasteiger partial charge in [-0.3, -0.25) is 4.79 Å². The molecule has 1 aliphatic rings. The van der Waals surface area contributed by atoms with Crippen LogP contribution in [0.15, 0.2) is 0 Å². The van der Waals surface area contributed by atoms with E-state index in [1.165, 1.54) is 0 Å². The molecule has 3 heteroatoms. The zero-order valence-electron chi connectivity index (χ0n) is 7.05. The van der Waals surface area contributed by atoms with Gasteiger partial charge in [-0.2, -0.15) is 0 Å². The summed E-state index contributed by atoms with van der Waals surface area (Å²) in [6.07, 6.45) is 3.96. The van der Waals surface area contributed by atoms with E-state index in [9.17, 15) is 4.79 Å². The Kier molecular flexibility index (Phi) is 5.29. The Morgan fingerprint density at radius 3 is 2.09 bits per heavy atom. The number of carboxylic acids is 1. The average molecular weight is 255 g/mol. The molecule has 11 heavy (non-hydrogen) atoms. The molecule has 0 saturated heterocycles. The van der Waals surface area contributed by atoms with Crippen molar-refractivity contribution in [2.45, 2.75) is 32.6 Å². The first-order valence-electron chi connectivity index (χ1n) is 3.93. The second kappa shape index (κ2) is 5.11. The minimum atomic E-state index is -0.605. The molecule has 1 aliphatic carbocycles. The summed E-state index contributed by atoms with van der Waals surface area (Å²) < 4.78 is 0. The molecule has 0 heterocycles. The maximum absolute atomic E-state index is 10.5. The van der Waals surface area contributed by atoms with E-state index in [-0.39, 0.29) is 33.2 Å². The Labute approximate surface area is 87.5 Å². The SMILES string of the molecule is CC1CCC(C(=O)O)CC1.[Cd]. The zero-order valence-corrected chi connectivity index (χ0v) is 11.1. The van der Waals surface area contributed by atoms with Crippen LogP contribution in [0, 0.1) is 11.8 Å². The van der Waals surface area contributed by atoms with Gasteiger partial charge < -0.3 is 5.11 Å². The third kappa shape index (κ3) is 3.53. The topological polar surface area (TPSA) is 37.3 Å². The minimum Gasteiger partial charge on any atom is -0.481 e. The van der Waals surface area contributed by atoms with E-state index in [1.807, 2.05) is 0 Å². The Balaban J connectivity index is 0.000001000. The largest absolute Gasteiger partial charge is 0.481 e. The molecule has 1 rings (SSSR count). The smallest absolute Gasteiger partial charge is 0.306 e. The summed E-state index contributed by atoms with van der Waals surface area (Å²) in [4.78, 5) is 10.5. The van der Waals surface area contributed by atoms with Gasteiger partial charge in [0.2, 0.25) is 0 Å². The zero-order chi connectivity index (χ0) is 7.56. The third-order valence-electron chi connectivity index (χ3n) is 2.37. The number of carboxylic acid groups (broad SMARTS) is 1. The quantitative estimate of drug-likeness (QED) is 0.726. The maximum Gasteiger partial charge on any atom is 0.306 e. The van der Waals surface area contributed by atoms with Crippen LogP contribution < -0.4 is 0 Å². The van der Waals surface area contributed by atoms with E-state index < -0.39 is 5.97 Å². The van der Waals surface area contributed by atoms with Crippen molar-refractivity contribution in [2.75, 3.05) is 0 Å². The van der Waals surface area contributed by atoms with Gasteiger partial charge in [-0.05, 0) is 31.6 Å². The molecular weight excluding hydrogens is 240 g/mol. The monoisotopic (exact) mass is 256 g/mol. The molecule has 0 bridgehead atoms. The predicted molar refractivity (Wildman–Crippen MR) is 38.8 cm³/mol. The van der Waals surface area contributed by atoms with Crippen LogP contribution in [-0.2, 0) is 32.1 Å². The second-order valence-electron chi connectivity index (χ2n) is 3.30. The van der Waals surface area contributed by atoms with Crippen LogP contribution in [0.2, 0.25) is 0 Å². The Bertz CT molecular complexity index is 128. The molecule has 0 atom stereocenters. The summed E-state index contributed by atoms with van der Waals surface area (Å²) >= 11 is 0. The molecule has 1 fully saturated rings. The molecule has 1 N–H and O–H groups in total. The van der Waals surface area contributed by atoms with E-state index in [1.54, 1.807) is 0 Å². The van der Waals surface area contributed by atoms with Crippen LogP contribution in [0.5, 0.6) is 0 Å². The predicted octanol–water partition coefficient (Wildman–Crippen LogP) is 1.89. The molecule has 0 aromatic rings. The van der Waals surface area contributed by atoms with Gasteiger partial charge in [0.25, 0.3) is 0 Å². The van der Waals surface area contributed by atoms with Crippen molar-refractivity contribution in [3.8, 4) is 0 Å². The molecule has 1 saturated carbocycles. The Morgan fingerprint density at radius 2 is 1.73 bits per heavy atom. The average Bonchev–Trinajstić information content (AvgIpc) is 1.88. The fraction of sp³-hybridized carbons (Fsp3) is 0.875. The van der Waals surface area contributed by atoms with Crippen molar-refractivity contribution in [1.82, 2.24) is 0 Å². The first kappa shape index (κ1) is 11.4. The van der Waals surface area contributed by atoms with Crippen LogP contribution in [0.25, 0.3) is 0 Å². The van der Waals surface area contributed by atoms with Crippen molar-refractivity contribution >= 4 is 5.97 Å². The van der Waals surface area contributed by atoms with E-state index in [4.69, 9.17) is 5.11 Å². The standard InChI is InChI=1S/C8H14O2.Cd/c1-6-2-4-7(5-3-6)8(9)10;/h6-7H,2-5H2,1H3,(H,9,10);. The van der Waals surface area contributed by atoms with Gasteiger partial charge in [0.15, 0.2) is 0 Å². The van der Waals surface area contributed by atoms with Gasteiger partial charge >= 0.3 is 5.97 Å². The van der Waals surface area contributed by atoms with Gasteiger partial charge in [-0.25, -0.2) is 0 Å². The third-order valence-corrected chi connectivity index (χ3v) is 2.37.